The van der Waals surface area contributed by atoms with Crippen LogP contribution in [0.4, 0.5) is 11.4 Å². The normalized spacial score (nSPS) is 13.8. The number of rotatable bonds is 1. The van der Waals surface area contributed by atoms with Crippen molar-refractivity contribution in [1.29, 1.82) is 0 Å². The maximum atomic E-state index is 12.8. The van der Waals surface area contributed by atoms with E-state index in [2.05, 4.69) is 10.3 Å². The number of carbonyl (C=O) groups excluding carboxylic acids is 2. The Morgan fingerprint density at radius 1 is 1.23 bits per heavy atom. The van der Waals surface area contributed by atoms with E-state index in [4.69, 9.17) is 0 Å². The van der Waals surface area contributed by atoms with Crippen LogP contribution in [0.3, 0.4) is 0 Å². The van der Waals surface area contributed by atoms with Crippen molar-refractivity contribution in [2.24, 2.45) is 0 Å². The number of carbonyl (C=O) groups is 2. The lowest BCUT2D eigenvalue weighted by molar-refractivity contribution is -0.115. The van der Waals surface area contributed by atoms with Gasteiger partial charge in [-0.15, -0.1) is 11.3 Å². The maximum absolute atomic E-state index is 12.8. The molecule has 0 radical (unpaired) electrons. The molecular formula is C16H11N3O2S. The highest BCUT2D eigenvalue weighted by Crippen LogP contribution is 2.30. The fourth-order valence-corrected chi connectivity index (χ4v) is 3.27. The van der Waals surface area contributed by atoms with Gasteiger partial charge in [0.2, 0.25) is 5.91 Å². The van der Waals surface area contributed by atoms with Crippen molar-refractivity contribution in [3.8, 4) is 0 Å². The predicted octanol–water partition coefficient (Wildman–Crippen LogP) is 2.90. The molecule has 2 amide bonds. The standard InChI is InChI=1S/C16H11N3O2S/c20-15-8-19(13-4-2-1-3-11(13)18-15)16(21)10-5-6-12-14(7-10)22-9-17-12/h1-7,9H,8H2,(H,18,20). The van der Waals surface area contributed by atoms with E-state index >= 15 is 0 Å². The Kier molecular flexibility index (Phi) is 2.90. The van der Waals surface area contributed by atoms with Crippen LogP contribution in [0.15, 0.2) is 48.0 Å². The van der Waals surface area contributed by atoms with E-state index in [-0.39, 0.29) is 18.4 Å². The van der Waals surface area contributed by atoms with Crippen LogP contribution >= 0.6 is 11.3 Å². The molecule has 2 heterocycles. The van der Waals surface area contributed by atoms with E-state index in [1.54, 1.807) is 17.6 Å². The highest BCUT2D eigenvalue weighted by molar-refractivity contribution is 7.16. The van der Waals surface area contributed by atoms with Gasteiger partial charge >= 0.3 is 0 Å². The number of thiazole rings is 1. The van der Waals surface area contributed by atoms with Crippen molar-refractivity contribution in [1.82, 2.24) is 4.98 Å². The van der Waals surface area contributed by atoms with Crippen molar-refractivity contribution in [2.45, 2.75) is 0 Å². The average molecular weight is 309 g/mol. The predicted molar refractivity (Wildman–Crippen MR) is 86.4 cm³/mol. The summed E-state index contributed by atoms with van der Waals surface area (Å²) in [7, 11) is 0. The van der Waals surface area contributed by atoms with Crippen LogP contribution < -0.4 is 10.2 Å². The highest BCUT2D eigenvalue weighted by Gasteiger charge is 2.27. The molecule has 3 aromatic rings. The maximum Gasteiger partial charge on any atom is 0.258 e. The lowest BCUT2D eigenvalue weighted by atomic mass is 10.1. The second-order valence-corrected chi connectivity index (χ2v) is 5.88. The largest absolute Gasteiger partial charge is 0.323 e. The molecule has 0 saturated heterocycles. The second kappa shape index (κ2) is 4.92. The molecule has 0 fully saturated rings. The first kappa shape index (κ1) is 13.0. The summed E-state index contributed by atoms with van der Waals surface area (Å²) >= 11 is 1.49. The van der Waals surface area contributed by atoms with Gasteiger partial charge < -0.3 is 5.32 Å². The van der Waals surface area contributed by atoms with Crippen LogP contribution in [0.5, 0.6) is 0 Å². The molecule has 0 unspecified atom stereocenters. The lowest BCUT2D eigenvalue weighted by Crippen LogP contribution is -2.42. The Morgan fingerprint density at radius 3 is 3.00 bits per heavy atom. The Bertz CT molecular complexity index is 903. The first-order valence-electron chi connectivity index (χ1n) is 6.76. The third kappa shape index (κ3) is 2.05. The quantitative estimate of drug-likeness (QED) is 0.752. The van der Waals surface area contributed by atoms with Crippen LogP contribution in [0.25, 0.3) is 10.2 Å². The number of aromatic nitrogens is 1. The molecule has 1 aromatic heterocycles. The molecule has 1 aliphatic rings. The molecule has 2 aromatic carbocycles. The third-order valence-corrected chi connectivity index (χ3v) is 4.39. The molecule has 0 saturated carbocycles. The van der Waals surface area contributed by atoms with Gasteiger partial charge in [-0.2, -0.15) is 0 Å². The second-order valence-electron chi connectivity index (χ2n) is 4.99. The minimum absolute atomic E-state index is 0.0244. The topological polar surface area (TPSA) is 62.3 Å². The number of nitrogens with one attached hydrogen (secondary N) is 1. The summed E-state index contributed by atoms with van der Waals surface area (Å²) < 4.78 is 0.959. The number of nitrogens with zero attached hydrogens (tertiary/aromatic N) is 2. The van der Waals surface area contributed by atoms with Crippen molar-refractivity contribution in [3.63, 3.8) is 0 Å². The van der Waals surface area contributed by atoms with E-state index in [1.165, 1.54) is 16.2 Å². The van der Waals surface area contributed by atoms with Crippen LogP contribution in [-0.2, 0) is 4.79 Å². The summed E-state index contributed by atoms with van der Waals surface area (Å²) in [5.74, 6) is -0.372. The molecule has 0 spiro atoms. The first-order chi connectivity index (χ1) is 10.7. The van der Waals surface area contributed by atoms with Crippen LogP contribution in [0.1, 0.15) is 10.4 Å². The van der Waals surface area contributed by atoms with Crippen LogP contribution in [0, 0.1) is 0 Å². The van der Waals surface area contributed by atoms with Crippen LogP contribution in [-0.4, -0.2) is 23.3 Å². The summed E-state index contributed by atoms with van der Waals surface area (Å²) in [6.45, 7) is 0.0244. The molecule has 6 heteroatoms. The molecule has 1 aliphatic heterocycles. The molecule has 108 valence electrons. The number of amides is 2. The first-order valence-corrected chi connectivity index (χ1v) is 7.64. The average Bonchev–Trinajstić information content (AvgIpc) is 3.00. The fourth-order valence-electron chi connectivity index (χ4n) is 2.56. The van der Waals surface area contributed by atoms with E-state index in [0.717, 1.165) is 15.9 Å². The minimum atomic E-state index is -0.189. The van der Waals surface area contributed by atoms with E-state index in [9.17, 15) is 9.59 Å². The van der Waals surface area contributed by atoms with E-state index in [1.807, 2.05) is 30.3 Å². The summed E-state index contributed by atoms with van der Waals surface area (Å²) in [4.78, 5) is 30.4. The zero-order valence-electron chi connectivity index (χ0n) is 11.4. The van der Waals surface area contributed by atoms with Gasteiger partial charge in [0.1, 0.15) is 6.54 Å². The number of hydrogen-bond acceptors (Lipinski definition) is 4. The lowest BCUT2D eigenvalue weighted by Gasteiger charge is -2.29. The molecule has 0 bridgehead atoms. The molecule has 5 nitrogen and oxygen atoms in total. The zero-order chi connectivity index (χ0) is 15.1. The number of benzene rings is 2. The SMILES string of the molecule is O=C1CN(C(=O)c2ccc3ncsc3c2)c2ccccc2N1. The van der Waals surface area contributed by atoms with Gasteiger partial charge in [-0.1, -0.05) is 12.1 Å². The third-order valence-electron chi connectivity index (χ3n) is 3.59. The summed E-state index contributed by atoms with van der Waals surface area (Å²) in [6, 6.07) is 12.7. The van der Waals surface area contributed by atoms with Crippen molar-refractivity contribution < 1.29 is 9.59 Å². The molecule has 0 atom stereocenters. The Labute approximate surface area is 130 Å². The summed E-state index contributed by atoms with van der Waals surface area (Å²) in [6.07, 6.45) is 0. The summed E-state index contributed by atoms with van der Waals surface area (Å²) in [5.41, 5.74) is 4.56. The van der Waals surface area contributed by atoms with Crippen molar-refractivity contribution in [2.75, 3.05) is 16.8 Å². The molecule has 1 N–H and O–H groups in total. The van der Waals surface area contributed by atoms with Gasteiger partial charge in [0.05, 0.1) is 27.1 Å². The number of fused-ring (bicyclic) bond motifs is 2. The fraction of sp³-hybridized carbons (Fsp3) is 0.0625. The van der Waals surface area contributed by atoms with Crippen LogP contribution in [0.2, 0.25) is 0 Å². The van der Waals surface area contributed by atoms with E-state index in [0.29, 0.717) is 11.3 Å². The molecule has 0 aliphatic carbocycles. The zero-order valence-corrected chi connectivity index (χ0v) is 12.3. The van der Waals surface area contributed by atoms with Gasteiger partial charge in [0.25, 0.3) is 5.91 Å². The van der Waals surface area contributed by atoms with Crippen molar-refractivity contribution in [3.05, 3.63) is 53.5 Å². The van der Waals surface area contributed by atoms with Gasteiger partial charge in [-0.3, -0.25) is 14.5 Å². The highest BCUT2D eigenvalue weighted by atomic mass is 32.1. The van der Waals surface area contributed by atoms with Gasteiger partial charge in [-0.05, 0) is 30.3 Å². The van der Waals surface area contributed by atoms with Gasteiger partial charge in [-0.25, -0.2) is 4.98 Å². The van der Waals surface area contributed by atoms with Gasteiger partial charge in [0.15, 0.2) is 0 Å². The minimum Gasteiger partial charge on any atom is -0.323 e. The number of hydrogen-bond donors (Lipinski definition) is 1. The molecule has 4 rings (SSSR count). The smallest absolute Gasteiger partial charge is 0.258 e. The van der Waals surface area contributed by atoms with Gasteiger partial charge in [0, 0.05) is 5.56 Å². The monoisotopic (exact) mass is 309 g/mol. The molecule has 22 heavy (non-hydrogen) atoms. The Morgan fingerprint density at radius 2 is 2.09 bits per heavy atom. The number of para-hydroxylation sites is 2. The van der Waals surface area contributed by atoms with Crippen molar-refractivity contribution >= 4 is 44.7 Å². The van der Waals surface area contributed by atoms with E-state index < -0.39 is 0 Å². The number of anilines is 2. The summed E-state index contributed by atoms with van der Waals surface area (Å²) in [5, 5.41) is 2.78. The molecular weight excluding hydrogens is 298 g/mol. The Balaban J connectivity index is 1.77. The Hall–Kier alpha value is -2.73.